The van der Waals surface area contributed by atoms with Crippen LogP contribution in [0.15, 0.2) is 36.4 Å². The average molecular weight is 433 g/mol. The summed E-state index contributed by atoms with van der Waals surface area (Å²) in [6.45, 7) is 3.33. The highest BCUT2D eigenvalue weighted by Gasteiger charge is 2.26. The van der Waals surface area contributed by atoms with Gasteiger partial charge >= 0.3 is 0 Å². The Labute approximate surface area is 179 Å². The summed E-state index contributed by atoms with van der Waals surface area (Å²) in [6.07, 6.45) is -0.712. The van der Waals surface area contributed by atoms with E-state index in [4.69, 9.17) is 11.6 Å². The summed E-state index contributed by atoms with van der Waals surface area (Å²) in [4.78, 5) is 17.2. The number of aromatic amines is 1. The molecule has 4 N–H and O–H groups in total. The van der Waals surface area contributed by atoms with Crippen molar-refractivity contribution in [2.45, 2.75) is 19.3 Å². The number of halogens is 2. The number of H-pyrrole nitrogens is 1. The second kappa shape index (κ2) is 7.97. The predicted molar refractivity (Wildman–Crippen MR) is 116 cm³/mol. The Kier molecular flexibility index (Phi) is 5.55. The average Bonchev–Trinajstić information content (AvgIpc) is 3.26. The Bertz CT molecular complexity index is 1080. The standard InChI is InChI=1S/C21H21ClN4O2.ClH/c22-16-3-2-14(20-15(16)9-24-21(20)28)18-8-13-7-12(1-4-17(13)25-18)10-26-6-5-23-19(27)11-26;/h1-4,7-8,21,24-25,28H,5-6,9-11H2,(H,23,27);1H. The van der Waals surface area contributed by atoms with Crippen LogP contribution in [0, 0.1) is 0 Å². The van der Waals surface area contributed by atoms with E-state index in [1.807, 2.05) is 12.1 Å². The van der Waals surface area contributed by atoms with Gasteiger partial charge in [-0.2, -0.15) is 0 Å². The molecule has 6 nitrogen and oxygen atoms in total. The molecule has 1 amide bonds. The first kappa shape index (κ1) is 20.2. The summed E-state index contributed by atoms with van der Waals surface area (Å²) < 4.78 is 0. The normalized spacial score (nSPS) is 19.1. The molecule has 0 radical (unpaired) electrons. The molecule has 1 fully saturated rings. The smallest absolute Gasteiger partial charge is 0.234 e. The Morgan fingerprint density at radius 1 is 1.21 bits per heavy atom. The van der Waals surface area contributed by atoms with Crippen molar-refractivity contribution in [3.8, 4) is 11.3 Å². The largest absolute Gasteiger partial charge is 0.374 e. The van der Waals surface area contributed by atoms with Crippen molar-refractivity contribution in [1.29, 1.82) is 0 Å². The fourth-order valence-corrected chi connectivity index (χ4v) is 4.41. The van der Waals surface area contributed by atoms with Crippen LogP contribution in [0.1, 0.15) is 22.9 Å². The van der Waals surface area contributed by atoms with Crippen molar-refractivity contribution in [2.24, 2.45) is 0 Å². The molecule has 5 rings (SSSR count). The molecule has 0 saturated carbocycles. The van der Waals surface area contributed by atoms with E-state index in [1.54, 1.807) is 0 Å². The summed E-state index contributed by atoms with van der Waals surface area (Å²) in [6, 6.07) is 12.3. The second-order valence-corrected chi connectivity index (χ2v) is 7.84. The maximum Gasteiger partial charge on any atom is 0.234 e. The SMILES string of the molecule is Cl.O=C1CN(Cc2ccc3[nH]c(-c4ccc(Cl)c5c4C(O)NC5)cc3c2)CCN1. The molecule has 0 spiro atoms. The Morgan fingerprint density at radius 2 is 2.07 bits per heavy atom. The van der Waals surface area contributed by atoms with Crippen molar-refractivity contribution in [1.82, 2.24) is 20.5 Å². The van der Waals surface area contributed by atoms with E-state index >= 15 is 0 Å². The Hall–Kier alpha value is -2.09. The van der Waals surface area contributed by atoms with Gasteiger partial charge in [0.1, 0.15) is 6.23 Å². The summed E-state index contributed by atoms with van der Waals surface area (Å²) in [5, 5.41) is 18.0. The van der Waals surface area contributed by atoms with Gasteiger partial charge < -0.3 is 15.4 Å². The number of carbonyl (C=O) groups is 1. The molecule has 8 heteroatoms. The quantitative estimate of drug-likeness (QED) is 0.512. The maximum absolute atomic E-state index is 11.6. The van der Waals surface area contributed by atoms with Gasteiger partial charge in [0.25, 0.3) is 0 Å². The van der Waals surface area contributed by atoms with Gasteiger partial charge in [-0.3, -0.25) is 15.0 Å². The number of piperazine rings is 1. The Morgan fingerprint density at radius 3 is 2.90 bits per heavy atom. The lowest BCUT2D eigenvalue weighted by atomic mass is 10.00. The van der Waals surface area contributed by atoms with Gasteiger partial charge in [0.05, 0.1) is 6.54 Å². The lowest BCUT2D eigenvalue weighted by Crippen LogP contribution is -2.47. The van der Waals surface area contributed by atoms with Gasteiger partial charge in [0.15, 0.2) is 0 Å². The first-order valence-corrected chi connectivity index (χ1v) is 9.80. The van der Waals surface area contributed by atoms with Crippen LogP contribution in [-0.4, -0.2) is 40.5 Å². The molecular formula is C21H22Cl2N4O2. The molecule has 1 aromatic heterocycles. The van der Waals surface area contributed by atoms with Gasteiger partial charge in [-0.25, -0.2) is 0 Å². The molecule has 0 bridgehead atoms. The van der Waals surface area contributed by atoms with Crippen LogP contribution in [0.25, 0.3) is 22.2 Å². The van der Waals surface area contributed by atoms with E-state index in [9.17, 15) is 9.90 Å². The lowest BCUT2D eigenvalue weighted by Gasteiger charge is -2.26. The topological polar surface area (TPSA) is 80.4 Å². The molecule has 0 aliphatic carbocycles. The number of benzene rings is 2. The van der Waals surface area contributed by atoms with Crippen LogP contribution in [0.4, 0.5) is 0 Å². The van der Waals surface area contributed by atoms with Gasteiger partial charge in [-0.1, -0.05) is 23.7 Å². The molecular weight excluding hydrogens is 411 g/mol. The first-order valence-electron chi connectivity index (χ1n) is 9.42. The number of nitrogens with zero attached hydrogens (tertiary/aromatic N) is 1. The molecule has 1 saturated heterocycles. The minimum absolute atomic E-state index is 0. The molecule has 3 heterocycles. The number of carbonyl (C=O) groups excluding carboxylic acids is 1. The molecule has 2 aliphatic heterocycles. The third-order valence-electron chi connectivity index (χ3n) is 5.54. The number of hydrogen-bond acceptors (Lipinski definition) is 4. The highest BCUT2D eigenvalue weighted by molar-refractivity contribution is 6.31. The van der Waals surface area contributed by atoms with Crippen LogP contribution in [0.2, 0.25) is 5.02 Å². The van der Waals surface area contributed by atoms with Crippen LogP contribution in [0.3, 0.4) is 0 Å². The number of rotatable bonds is 3. The first-order chi connectivity index (χ1) is 13.6. The third-order valence-corrected chi connectivity index (χ3v) is 5.90. The Balaban J connectivity index is 0.00000205. The summed E-state index contributed by atoms with van der Waals surface area (Å²) in [5.41, 5.74) is 5.94. The van der Waals surface area contributed by atoms with Crippen molar-refractivity contribution in [3.63, 3.8) is 0 Å². The molecule has 152 valence electrons. The van der Waals surface area contributed by atoms with E-state index in [0.29, 0.717) is 24.7 Å². The van der Waals surface area contributed by atoms with Crippen molar-refractivity contribution in [2.75, 3.05) is 19.6 Å². The van der Waals surface area contributed by atoms with E-state index in [0.717, 1.165) is 46.4 Å². The minimum atomic E-state index is -0.712. The number of aliphatic hydroxyl groups is 1. The predicted octanol–water partition coefficient (Wildman–Crippen LogP) is 2.94. The van der Waals surface area contributed by atoms with Gasteiger partial charge in [0.2, 0.25) is 5.91 Å². The molecule has 2 aromatic carbocycles. The zero-order valence-electron chi connectivity index (χ0n) is 15.7. The van der Waals surface area contributed by atoms with Crippen molar-refractivity contribution >= 4 is 40.8 Å². The summed E-state index contributed by atoms with van der Waals surface area (Å²) >= 11 is 6.30. The monoisotopic (exact) mass is 432 g/mol. The van der Waals surface area contributed by atoms with Crippen LogP contribution >= 0.6 is 24.0 Å². The third kappa shape index (κ3) is 3.74. The van der Waals surface area contributed by atoms with Gasteiger partial charge in [-0.05, 0) is 35.4 Å². The molecule has 1 unspecified atom stereocenters. The number of aromatic nitrogens is 1. The van der Waals surface area contributed by atoms with E-state index in [1.165, 1.54) is 5.56 Å². The highest BCUT2D eigenvalue weighted by Crippen LogP contribution is 2.38. The number of amides is 1. The van der Waals surface area contributed by atoms with Crippen LogP contribution in [0.5, 0.6) is 0 Å². The zero-order valence-corrected chi connectivity index (χ0v) is 17.2. The fourth-order valence-electron chi connectivity index (χ4n) is 4.18. The summed E-state index contributed by atoms with van der Waals surface area (Å²) in [7, 11) is 0. The van der Waals surface area contributed by atoms with Crippen LogP contribution in [-0.2, 0) is 17.9 Å². The fraction of sp³-hybridized carbons (Fsp3) is 0.286. The molecule has 3 aromatic rings. The van der Waals surface area contributed by atoms with E-state index in [-0.39, 0.29) is 18.3 Å². The van der Waals surface area contributed by atoms with Gasteiger partial charge in [0, 0.05) is 58.9 Å². The zero-order chi connectivity index (χ0) is 19.3. The highest BCUT2D eigenvalue weighted by atomic mass is 35.5. The number of fused-ring (bicyclic) bond motifs is 2. The van der Waals surface area contributed by atoms with E-state index < -0.39 is 6.23 Å². The number of hydrogen-bond donors (Lipinski definition) is 4. The molecule has 29 heavy (non-hydrogen) atoms. The lowest BCUT2D eigenvalue weighted by molar-refractivity contribution is -0.124. The maximum atomic E-state index is 11.6. The second-order valence-electron chi connectivity index (χ2n) is 7.44. The molecule has 1 atom stereocenters. The molecule has 2 aliphatic rings. The van der Waals surface area contributed by atoms with Crippen molar-refractivity contribution in [3.05, 3.63) is 58.1 Å². The summed E-state index contributed by atoms with van der Waals surface area (Å²) in [5.74, 6) is 0.0834. The number of nitrogens with one attached hydrogen (secondary N) is 3. The van der Waals surface area contributed by atoms with E-state index in [2.05, 4.69) is 44.8 Å². The van der Waals surface area contributed by atoms with Gasteiger partial charge in [-0.15, -0.1) is 12.4 Å². The van der Waals surface area contributed by atoms with Crippen molar-refractivity contribution < 1.29 is 9.90 Å². The minimum Gasteiger partial charge on any atom is -0.374 e. The number of aliphatic hydroxyl groups excluding tert-OH is 1. The van der Waals surface area contributed by atoms with Crippen LogP contribution < -0.4 is 10.6 Å².